The lowest BCUT2D eigenvalue weighted by Crippen LogP contribution is -2.39. The highest BCUT2D eigenvalue weighted by Crippen LogP contribution is 2.34. The fourth-order valence-corrected chi connectivity index (χ4v) is 4.68. The van der Waals surface area contributed by atoms with E-state index in [0.717, 1.165) is 0 Å². The molecule has 0 aliphatic carbocycles. The number of hydrogen-bond donors (Lipinski definition) is 0. The molecular formula is C22H16ClFN2O3S. The van der Waals surface area contributed by atoms with Gasteiger partial charge in [-0.15, -0.1) is 0 Å². The first-order valence-electron chi connectivity index (χ1n) is 9.01. The van der Waals surface area contributed by atoms with Crippen LogP contribution in [0.4, 0.5) is 4.39 Å². The van der Waals surface area contributed by atoms with Crippen molar-refractivity contribution >= 4 is 35.0 Å². The Bertz CT molecular complexity index is 1360. The van der Waals surface area contributed by atoms with Gasteiger partial charge in [0.15, 0.2) is 4.80 Å². The maximum absolute atomic E-state index is 13.3. The van der Waals surface area contributed by atoms with Crippen molar-refractivity contribution in [2.75, 3.05) is 7.11 Å². The molecule has 8 heteroatoms. The largest absolute Gasteiger partial charge is 0.466 e. The molecule has 1 aromatic heterocycles. The first kappa shape index (κ1) is 20.3. The number of fused-ring (bicyclic) bond motifs is 1. The molecule has 30 heavy (non-hydrogen) atoms. The van der Waals surface area contributed by atoms with Crippen molar-refractivity contribution in [2.24, 2.45) is 4.99 Å². The molecule has 0 amide bonds. The maximum atomic E-state index is 13.3. The average molecular weight is 443 g/mol. The number of rotatable bonds is 3. The third kappa shape index (κ3) is 3.51. The summed E-state index contributed by atoms with van der Waals surface area (Å²) in [4.78, 5) is 30.8. The van der Waals surface area contributed by atoms with E-state index in [9.17, 15) is 14.0 Å². The number of halogens is 2. The fraction of sp³-hybridized carbons (Fsp3) is 0.136. The van der Waals surface area contributed by atoms with Gasteiger partial charge in [-0.05, 0) is 42.3 Å². The van der Waals surface area contributed by atoms with Crippen LogP contribution in [0.25, 0.3) is 6.08 Å². The third-order valence-electron chi connectivity index (χ3n) is 4.79. The minimum absolute atomic E-state index is 0.256. The van der Waals surface area contributed by atoms with Crippen LogP contribution >= 0.6 is 22.9 Å². The van der Waals surface area contributed by atoms with E-state index in [2.05, 4.69) is 4.99 Å². The van der Waals surface area contributed by atoms with Crippen molar-refractivity contribution in [3.05, 3.63) is 101 Å². The van der Waals surface area contributed by atoms with Crippen LogP contribution in [-0.2, 0) is 9.53 Å². The second-order valence-corrected chi connectivity index (χ2v) is 8.06. The number of aromatic nitrogens is 1. The Hall–Kier alpha value is -3.03. The van der Waals surface area contributed by atoms with Crippen LogP contribution in [0.3, 0.4) is 0 Å². The van der Waals surface area contributed by atoms with Gasteiger partial charge in [-0.2, -0.15) is 0 Å². The zero-order valence-corrected chi connectivity index (χ0v) is 17.6. The Labute approximate surface area is 180 Å². The first-order valence-corrected chi connectivity index (χ1v) is 10.2. The van der Waals surface area contributed by atoms with Crippen LogP contribution in [0.2, 0.25) is 5.02 Å². The van der Waals surface area contributed by atoms with Gasteiger partial charge in [-0.3, -0.25) is 9.36 Å². The van der Waals surface area contributed by atoms with Crippen molar-refractivity contribution in [1.29, 1.82) is 0 Å². The van der Waals surface area contributed by atoms with Crippen molar-refractivity contribution in [1.82, 2.24) is 4.57 Å². The summed E-state index contributed by atoms with van der Waals surface area (Å²) in [6, 6.07) is 12.1. The van der Waals surface area contributed by atoms with E-state index >= 15 is 0 Å². The second-order valence-electron chi connectivity index (χ2n) is 6.65. The van der Waals surface area contributed by atoms with Crippen molar-refractivity contribution in [2.45, 2.75) is 13.0 Å². The van der Waals surface area contributed by atoms with Gasteiger partial charge in [-0.1, -0.05) is 53.3 Å². The number of esters is 1. The number of thiazole rings is 1. The second kappa shape index (κ2) is 8.01. The Morgan fingerprint density at radius 3 is 2.60 bits per heavy atom. The quantitative estimate of drug-likeness (QED) is 0.585. The molecule has 1 aliphatic rings. The van der Waals surface area contributed by atoms with Crippen molar-refractivity contribution in [3.63, 3.8) is 0 Å². The molecular weight excluding hydrogens is 427 g/mol. The highest BCUT2D eigenvalue weighted by atomic mass is 35.5. The minimum atomic E-state index is -0.766. The van der Waals surface area contributed by atoms with E-state index in [4.69, 9.17) is 16.3 Å². The van der Waals surface area contributed by atoms with Crippen LogP contribution in [0, 0.1) is 5.82 Å². The van der Waals surface area contributed by atoms with E-state index < -0.39 is 12.0 Å². The molecule has 152 valence electrons. The summed E-state index contributed by atoms with van der Waals surface area (Å²) >= 11 is 7.62. The molecule has 0 spiro atoms. The fourth-order valence-electron chi connectivity index (χ4n) is 3.39. The first-order chi connectivity index (χ1) is 14.4. The third-order valence-corrected chi connectivity index (χ3v) is 6.12. The van der Waals surface area contributed by atoms with Crippen molar-refractivity contribution < 1.29 is 13.9 Å². The smallest absolute Gasteiger partial charge is 0.338 e. The summed E-state index contributed by atoms with van der Waals surface area (Å²) < 4.78 is 20.0. The zero-order chi connectivity index (χ0) is 21.4. The Balaban J connectivity index is 2.00. The lowest BCUT2D eigenvalue weighted by molar-refractivity contribution is -0.136. The average Bonchev–Trinajstić information content (AvgIpc) is 3.03. The summed E-state index contributed by atoms with van der Waals surface area (Å²) in [5.74, 6) is -0.931. The Morgan fingerprint density at radius 1 is 1.23 bits per heavy atom. The summed E-state index contributed by atoms with van der Waals surface area (Å²) in [5, 5.41) is 0.423. The molecule has 0 fully saturated rings. The number of ether oxygens (including phenoxy) is 1. The minimum Gasteiger partial charge on any atom is -0.466 e. The van der Waals surface area contributed by atoms with E-state index in [0.29, 0.717) is 31.2 Å². The molecule has 0 bridgehead atoms. The molecule has 3 aromatic rings. The SMILES string of the molecule is COC(=O)C1=C(C)N=c2sc(=Cc3ccc(F)cc3)c(=O)n2C1c1ccccc1Cl. The lowest BCUT2D eigenvalue weighted by Gasteiger charge is -2.25. The van der Waals surface area contributed by atoms with Gasteiger partial charge >= 0.3 is 5.97 Å². The molecule has 0 saturated carbocycles. The summed E-state index contributed by atoms with van der Waals surface area (Å²) in [6.07, 6.45) is 1.67. The van der Waals surface area contributed by atoms with E-state index in [1.165, 1.54) is 35.1 Å². The molecule has 2 heterocycles. The van der Waals surface area contributed by atoms with E-state index in [1.54, 1.807) is 49.4 Å². The predicted octanol–water partition coefficient (Wildman–Crippen LogP) is 3.20. The standard InChI is InChI=1S/C22H16ClFN2O3S/c1-12-18(21(28)29-2)19(15-5-3-4-6-16(15)23)26-20(27)17(30-22(26)25-12)11-13-7-9-14(24)10-8-13/h3-11,19H,1-2H3. The highest BCUT2D eigenvalue weighted by molar-refractivity contribution is 7.07. The highest BCUT2D eigenvalue weighted by Gasteiger charge is 2.34. The Kier molecular flexibility index (Phi) is 5.40. The number of carbonyl (C=O) groups is 1. The Morgan fingerprint density at radius 2 is 1.93 bits per heavy atom. The van der Waals surface area contributed by atoms with E-state index in [-0.39, 0.29) is 16.9 Å². The topological polar surface area (TPSA) is 60.7 Å². The molecule has 1 unspecified atom stereocenters. The van der Waals surface area contributed by atoms with Gasteiger partial charge in [0.05, 0.1) is 22.9 Å². The number of allylic oxidation sites excluding steroid dienone is 1. The number of hydrogen-bond acceptors (Lipinski definition) is 5. The number of carbonyl (C=O) groups excluding carboxylic acids is 1. The number of nitrogens with zero attached hydrogens (tertiary/aromatic N) is 2. The molecule has 1 aliphatic heterocycles. The van der Waals surface area contributed by atoms with Crippen LogP contribution < -0.4 is 14.9 Å². The molecule has 2 aromatic carbocycles. The van der Waals surface area contributed by atoms with Gasteiger partial charge in [-0.25, -0.2) is 14.2 Å². The predicted molar refractivity (Wildman–Crippen MR) is 114 cm³/mol. The number of methoxy groups -OCH3 is 1. The van der Waals surface area contributed by atoms with Crippen LogP contribution in [-0.4, -0.2) is 17.6 Å². The van der Waals surface area contributed by atoms with Gasteiger partial charge in [0, 0.05) is 5.02 Å². The molecule has 0 radical (unpaired) electrons. The normalized spacial score (nSPS) is 16.3. The lowest BCUT2D eigenvalue weighted by atomic mass is 9.96. The van der Waals surface area contributed by atoms with Gasteiger partial charge in [0.2, 0.25) is 0 Å². The van der Waals surface area contributed by atoms with Gasteiger partial charge in [0.1, 0.15) is 11.9 Å². The van der Waals surface area contributed by atoms with Crippen LogP contribution in [0.15, 0.2) is 69.6 Å². The molecule has 4 rings (SSSR count). The summed E-state index contributed by atoms with van der Waals surface area (Å²) in [5.41, 5.74) is 1.68. The molecule has 0 N–H and O–H groups in total. The monoisotopic (exact) mass is 442 g/mol. The molecule has 5 nitrogen and oxygen atoms in total. The summed E-state index contributed by atoms with van der Waals surface area (Å²) in [7, 11) is 1.28. The van der Waals surface area contributed by atoms with Crippen LogP contribution in [0.1, 0.15) is 24.1 Å². The number of benzene rings is 2. The molecule has 0 saturated heterocycles. The van der Waals surface area contributed by atoms with Gasteiger partial charge in [0.25, 0.3) is 5.56 Å². The maximum Gasteiger partial charge on any atom is 0.338 e. The van der Waals surface area contributed by atoms with Crippen LogP contribution in [0.5, 0.6) is 0 Å². The summed E-state index contributed by atoms with van der Waals surface area (Å²) in [6.45, 7) is 1.70. The zero-order valence-electron chi connectivity index (χ0n) is 16.1. The van der Waals surface area contributed by atoms with E-state index in [1.807, 2.05) is 0 Å². The van der Waals surface area contributed by atoms with Gasteiger partial charge < -0.3 is 4.74 Å². The molecule has 1 atom stereocenters. The van der Waals surface area contributed by atoms with Crippen molar-refractivity contribution in [3.8, 4) is 0 Å².